The number of hydrogen-bond donors (Lipinski definition) is 1. The van der Waals surface area contributed by atoms with Gasteiger partial charge in [-0.1, -0.05) is 32.9 Å². The number of carbonyl (C=O) groups is 1. The van der Waals surface area contributed by atoms with E-state index in [1.54, 1.807) is 10.6 Å². The van der Waals surface area contributed by atoms with Gasteiger partial charge < -0.3 is 9.32 Å². The summed E-state index contributed by atoms with van der Waals surface area (Å²) in [5.41, 5.74) is 2.73. The van der Waals surface area contributed by atoms with E-state index in [9.17, 15) is 9.59 Å². The van der Waals surface area contributed by atoms with Crippen LogP contribution in [0.15, 0.2) is 39.5 Å². The Kier molecular flexibility index (Phi) is 4.17. The quantitative estimate of drug-likeness (QED) is 0.753. The van der Waals surface area contributed by atoms with E-state index in [-0.39, 0.29) is 23.1 Å². The van der Waals surface area contributed by atoms with E-state index in [1.165, 1.54) is 0 Å². The third kappa shape index (κ3) is 3.18. The molecule has 1 aliphatic heterocycles. The number of H-pyrrole nitrogens is 1. The molecule has 1 aromatic carbocycles. The fourth-order valence-electron chi connectivity index (χ4n) is 3.63. The molecule has 27 heavy (non-hydrogen) atoms. The van der Waals surface area contributed by atoms with Crippen LogP contribution in [-0.4, -0.2) is 38.7 Å². The van der Waals surface area contributed by atoms with Gasteiger partial charge in [-0.3, -0.25) is 14.5 Å². The van der Waals surface area contributed by atoms with E-state index in [4.69, 9.17) is 4.42 Å². The Balaban J connectivity index is 1.49. The van der Waals surface area contributed by atoms with Crippen molar-refractivity contribution in [1.82, 2.24) is 19.7 Å². The maximum absolute atomic E-state index is 12.8. The molecule has 1 amide bonds. The minimum absolute atomic E-state index is 0.0366. The zero-order valence-electron chi connectivity index (χ0n) is 15.9. The van der Waals surface area contributed by atoms with Crippen LogP contribution in [0, 0.1) is 0 Å². The molecule has 0 spiro atoms. The average molecular weight is 368 g/mol. The first-order chi connectivity index (χ1) is 12.8. The van der Waals surface area contributed by atoms with Gasteiger partial charge in [0.05, 0.1) is 5.52 Å². The number of aromatic nitrogens is 3. The number of hydrogen-bond acceptors (Lipinski definition) is 4. The van der Waals surface area contributed by atoms with E-state index >= 15 is 0 Å². The van der Waals surface area contributed by atoms with E-state index in [0.717, 1.165) is 11.2 Å². The van der Waals surface area contributed by atoms with E-state index in [0.29, 0.717) is 37.2 Å². The summed E-state index contributed by atoms with van der Waals surface area (Å²) in [4.78, 5) is 26.9. The van der Waals surface area contributed by atoms with Crippen molar-refractivity contribution in [2.75, 3.05) is 13.1 Å². The Labute approximate surface area is 157 Å². The largest absolute Gasteiger partial charge is 0.420 e. The van der Waals surface area contributed by atoms with Crippen LogP contribution in [-0.2, 0) is 5.41 Å². The molecular weight excluding hydrogens is 344 g/mol. The molecule has 7 heteroatoms. The maximum atomic E-state index is 12.8. The van der Waals surface area contributed by atoms with Crippen LogP contribution in [0.3, 0.4) is 0 Å². The van der Waals surface area contributed by atoms with Crippen molar-refractivity contribution in [3.05, 3.63) is 52.3 Å². The molecule has 0 atom stereocenters. The molecule has 4 rings (SSSR count). The molecular formula is C20H24N4O3. The van der Waals surface area contributed by atoms with Gasteiger partial charge in [-0.05, 0) is 31.0 Å². The lowest BCUT2D eigenvalue weighted by molar-refractivity contribution is 0.0688. The molecule has 0 bridgehead atoms. The Morgan fingerprint density at radius 1 is 1.22 bits per heavy atom. The highest BCUT2D eigenvalue weighted by Crippen LogP contribution is 2.27. The fraction of sp³-hybridized carbons (Fsp3) is 0.450. The molecule has 2 aromatic heterocycles. The van der Waals surface area contributed by atoms with Gasteiger partial charge in [-0.15, -0.1) is 0 Å². The van der Waals surface area contributed by atoms with Crippen molar-refractivity contribution in [2.24, 2.45) is 0 Å². The van der Waals surface area contributed by atoms with Crippen molar-refractivity contribution >= 4 is 17.0 Å². The van der Waals surface area contributed by atoms with Crippen LogP contribution in [0.4, 0.5) is 0 Å². The lowest BCUT2D eigenvalue weighted by Gasteiger charge is -2.31. The lowest BCUT2D eigenvalue weighted by atomic mass is 9.92. The third-order valence-electron chi connectivity index (χ3n) is 5.24. The Morgan fingerprint density at radius 2 is 1.93 bits per heavy atom. The van der Waals surface area contributed by atoms with Crippen LogP contribution >= 0.6 is 0 Å². The number of oxazole rings is 1. The first-order valence-electron chi connectivity index (χ1n) is 9.30. The molecule has 3 aromatic rings. The summed E-state index contributed by atoms with van der Waals surface area (Å²) in [5, 5.41) is 7.16. The Hall–Kier alpha value is -2.83. The monoisotopic (exact) mass is 368 g/mol. The van der Waals surface area contributed by atoms with Crippen LogP contribution < -0.4 is 5.76 Å². The number of benzene rings is 1. The summed E-state index contributed by atoms with van der Waals surface area (Å²) in [6.45, 7) is 7.41. The topological polar surface area (TPSA) is 84.1 Å². The van der Waals surface area contributed by atoms with Crippen LogP contribution in [0.25, 0.3) is 11.1 Å². The van der Waals surface area contributed by atoms with E-state index in [2.05, 4.69) is 31.0 Å². The summed E-state index contributed by atoms with van der Waals surface area (Å²) in [6, 6.07) is 9.33. The molecule has 1 fully saturated rings. The molecule has 1 N–H and O–H groups in total. The minimum atomic E-state index is -0.330. The normalized spacial score (nSPS) is 16.2. The van der Waals surface area contributed by atoms with Gasteiger partial charge in [-0.25, -0.2) is 4.79 Å². The van der Waals surface area contributed by atoms with Gasteiger partial charge >= 0.3 is 5.76 Å². The molecule has 0 radical (unpaired) electrons. The second kappa shape index (κ2) is 6.40. The fourth-order valence-corrected chi connectivity index (χ4v) is 3.63. The number of carbonyl (C=O) groups excluding carboxylic acids is 1. The SMILES string of the molecule is CC(C)(C)c1cc(C(=O)N2CCC(n3c(=O)oc4ccccc43)CC2)n[nH]1. The van der Waals surface area contributed by atoms with Crippen LogP contribution in [0.2, 0.25) is 0 Å². The summed E-state index contributed by atoms with van der Waals surface area (Å²) in [6.07, 6.45) is 1.43. The molecule has 0 saturated carbocycles. The summed E-state index contributed by atoms with van der Waals surface area (Å²) >= 11 is 0. The van der Waals surface area contributed by atoms with Crippen LogP contribution in [0.5, 0.6) is 0 Å². The zero-order chi connectivity index (χ0) is 19.2. The molecule has 1 saturated heterocycles. The van der Waals surface area contributed by atoms with Gasteiger partial charge in [-0.2, -0.15) is 5.10 Å². The number of aromatic amines is 1. The van der Waals surface area contributed by atoms with E-state index < -0.39 is 0 Å². The molecule has 0 aliphatic carbocycles. The first-order valence-corrected chi connectivity index (χ1v) is 9.30. The second-order valence-corrected chi connectivity index (χ2v) is 8.15. The first kappa shape index (κ1) is 17.6. The van der Waals surface area contributed by atoms with Gasteiger partial charge in [0, 0.05) is 30.2 Å². The number of likely N-dealkylation sites (tertiary alicyclic amines) is 1. The maximum Gasteiger partial charge on any atom is 0.420 e. The summed E-state index contributed by atoms with van der Waals surface area (Å²) < 4.78 is 7.07. The molecule has 3 heterocycles. The predicted octanol–water partition coefficient (Wildman–Crippen LogP) is 3.09. The number of fused-ring (bicyclic) bond motifs is 1. The molecule has 0 unspecified atom stereocenters. The van der Waals surface area contributed by atoms with Gasteiger partial charge in [0.2, 0.25) is 0 Å². The molecule has 7 nitrogen and oxygen atoms in total. The molecule has 1 aliphatic rings. The number of piperidine rings is 1. The number of para-hydroxylation sites is 2. The highest BCUT2D eigenvalue weighted by Gasteiger charge is 2.29. The number of amides is 1. The van der Waals surface area contributed by atoms with Crippen molar-refractivity contribution in [3.8, 4) is 0 Å². The van der Waals surface area contributed by atoms with Crippen molar-refractivity contribution < 1.29 is 9.21 Å². The van der Waals surface area contributed by atoms with Crippen LogP contribution in [0.1, 0.15) is 55.8 Å². The van der Waals surface area contributed by atoms with Crippen molar-refractivity contribution in [1.29, 1.82) is 0 Å². The van der Waals surface area contributed by atoms with Gasteiger partial charge in [0.15, 0.2) is 5.58 Å². The number of nitrogens with one attached hydrogen (secondary N) is 1. The average Bonchev–Trinajstić information content (AvgIpc) is 3.25. The smallest absolute Gasteiger partial charge is 0.408 e. The predicted molar refractivity (Wildman–Crippen MR) is 102 cm³/mol. The highest BCUT2D eigenvalue weighted by atomic mass is 16.4. The second-order valence-electron chi connectivity index (χ2n) is 8.15. The zero-order valence-corrected chi connectivity index (χ0v) is 15.9. The van der Waals surface area contributed by atoms with Crippen molar-refractivity contribution in [3.63, 3.8) is 0 Å². The Morgan fingerprint density at radius 3 is 2.59 bits per heavy atom. The molecule has 142 valence electrons. The Bertz CT molecular complexity index is 1030. The summed E-state index contributed by atoms with van der Waals surface area (Å²) in [7, 11) is 0. The lowest BCUT2D eigenvalue weighted by Crippen LogP contribution is -2.40. The summed E-state index contributed by atoms with van der Waals surface area (Å²) in [5.74, 6) is -0.396. The van der Waals surface area contributed by atoms with Gasteiger partial charge in [0.1, 0.15) is 5.69 Å². The number of rotatable bonds is 2. The highest BCUT2D eigenvalue weighted by molar-refractivity contribution is 5.92. The van der Waals surface area contributed by atoms with E-state index in [1.807, 2.05) is 29.2 Å². The van der Waals surface area contributed by atoms with Gasteiger partial charge in [0.25, 0.3) is 5.91 Å². The number of nitrogens with zero attached hydrogens (tertiary/aromatic N) is 3. The minimum Gasteiger partial charge on any atom is -0.408 e. The van der Waals surface area contributed by atoms with Crippen molar-refractivity contribution in [2.45, 2.75) is 45.1 Å². The third-order valence-corrected chi connectivity index (χ3v) is 5.24. The standard InChI is InChI=1S/C20H24N4O3/c1-20(2,3)17-12-14(21-22-17)18(25)23-10-8-13(9-11-23)24-15-6-4-5-7-16(15)27-19(24)26/h4-7,12-13H,8-11H2,1-3H3,(H,21,22).